The van der Waals surface area contributed by atoms with Crippen LogP contribution in [0.4, 0.5) is 4.79 Å². The van der Waals surface area contributed by atoms with E-state index in [1.807, 2.05) is 0 Å². The van der Waals surface area contributed by atoms with Crippen molar-refractivity contribution in [2.75, 3.05) is 7.05 Å². The zero-order chi connectivity index (χ0) is 9.68. The van der Waals surface area contributed by atoms with Gasteiger partial charge in [0.1, 0.15) is 5.71 Å². The van der Waals surface area contributed by atoms with Crippen molar-refractivity contribution in [3.8, 4) is 0 Å². The smallest absolute Gasteiger partial charge is 0.433 e. The van der Waals surface area contributed by atoms with Crippen LogP contribution in [0.15, 0.2) is 28.0 Å². The molecule has 0 fully saturated rings. The monoisotopic (exact) mass is 182 g/mol. The molecule has 13 heavy (non-hydrogen) atoms. The van der Waals surface area contributed by atoms with E-state index in [2.05, 4.69) is 15.3 Å². The molecule has 1 rings (SSSR count). The molecular weight excluding hydrogens is 172 g/mol. The molecule has 0 saturated heterocycles. The van der Waals surface area contributed by atoms with Crippen molar-refractivity contribution in [1.82, 2.24) is 5.32 Å². The molecule has 0 saturated carbocycles. The molecule has 0 aromatic carbocycles. The lowest BCUT2D eigenvalue weighted by Gasteiger charge is -1.96. The average molecular weight is 182 g/mol. The third-order valence-electron chi connectivity index (χ3n) is 1.35. The van der Waals surface area contributed by atoms with Crippen LogP contribution < -0.4 is 5.32 Å². The van der Waals surface area contributed by atoms with Gasteiger partial charge in [-0.15, -0.1) is 0 Å². The summed E-state index contributed by atoms with van der Waals surface area (Å²) in [4.78, 5) is 15.1. The number of carbonyl (C=O) groups is 1. The lowest BCUT2D eigenvalue weighted by molar-refractivity contribution is 0.153. The number of furan rings is 1. The molecular formula is C8H10N2O3. The summed E-state index contributed by atoms with van der Waals surface area (Å²) < 4.78 is 5.02. The van der Waals surface area contributed by atoms with Crippen LogP contribution >= 0.6 is 0 Å². The Labute approximate surface area is 75.4 Å². The summed E-state index contributed by atoms with van der Waals surface area (Å²) in [6, 6.07) is 3.46. The summed E-state index contributed by atoms with van der Waals surface area (Å²) in [6.45, 7) is 1.68. The number of nitrogens with zero attached hydrogens (tertiary/aromatic N) is 1. The molecule has 0 aliphatic carbocycles. The van der Waals surface area contributed by atoms with E-state index in [0.29, 0.717) is 11.5 Å². The molecule has 70 valence electrons. The Bertz CT molecular complexity index is 303. The second-order valence-electron chi connectivity index (χ2n) is 2.28. The van der Waals surface area contributed by atoms with Gasteiger partial charge in [-0.2, -0.15) is 0 Å². The van der Waals surface area contributed by atoms with Gasteiger partial charge in [-0.3, -0.25) is 4.84 Å². The Hall–Kier alpha value is -1.78. The molecule has 0 spiro atoms. The number of nitrogens with one attached hydrogen (secondary N) is 1. The van der Waals surface area contributed by atoms with Crippen molar-refractivity contribution in [3.05, 3.63) is 24.2 Å². The molecule has 1 N–H and O–H groups in total. The highest BCUT2D eigenvalue weighted by Crippen LogP contribution is 2.01. The summed E-state index contributed by atoms with van der Waals surface area (Å²) in [5.41, 5.74) is 0.508. The number of carbonyl (C=O) groups excluding carboxylic acids is 1. The minimum absolute atomic E-state index is 0.508. The normalized spacial score (nSPS) is 11.1. The van der Waals surface area contributed by atoms with E-state index in [4.69, 9.17) is 4.42 Å². The molecule has 0 bridgehead atoms. The summed E-state index contributed by atoms with van der Waals surface area (Å²) in [6.07, 6.45) is 0.916. The molecule has 0 unspecified atom stereocenters. The highest BCUT2D eigenvalue weighted by atomic mass is 16.7. The molecule has 0 aliphatic rings. The van der Waals surface area contributed by atoms with E-state index < -0.39 is 6.09 Å². The van der Waals surface area contributed by atoms with E-state index in [0.717, 1.165) is 0 Å². The third-order valence-corrected chi connectivity index (χ3v) is 1.35. The zero-order valence-electron chi connectivity index (χ0n) is 7.40. The largest absolute Gasteiger partial charge is 0.463 e. The van der Waals surface area contributed by atoms with Crippen LogP contribution in [0, 0.1) is 0 Å². The Morgan fingerprint density at radius 1 is 1.69 bits per heavy atom. The first-order chi connectivity index (χ1) is 6.24. The minimum atomic E-state index is -0.606. The average Bonchev–Trinajstić information content (AvgIpc) is 2.66. The van der Waals surface area contributed by atoms with Crippen LogP contribution in [-0.4, -0.2) is 18.9 Å². The predicted molar refractivity (Wildman–Crippen MR) is 46.5 cm³/mol. The third kappa shape index (κ3) is 2.62. The lowest BCUT2D eigenvalue weighted by Crippen LogP contribution is -2.17. The van der Waals surface area contributed by atoms with Gasteiger partial charge in [0.05, 0.1) is 6.26 Å². The first-order valence-corrected chi connectivity index (χ1v) is 3.71. The minimum Gasteiger partial charge on any atom is -0.463 e. The van der Waals surface area contributed by atoms with Crippen LogP contribution in [0.5, 0.6) is 0 Å². The lowest BCUT2D eigenvalue weighted by atomic mass is 10.3. The highest BCUT2D eigenvalue weighted by Gasteiger charge is 2.02. The summed E-state index contributed by atoms with van der Waals surface area (Å²) in [5, 5.41) is 5.82. The van der Waals surface area contributed by atoms with Gasteiger partial charge in [0.2, 0.25) is 0 Å². The Morgan fingerprint density at radius 2 is 2.46 bits per heavy atom. The maximum Gasteiger partial charge on any atom is 0.433 e. The van der Waals surface area contributed by atoms with Gasteiger partial charge in [0, 0.05) is 7.05 Å². The maximum absolute atomic E-state index is 10.6. The number of hydrogen-bond donors (Lipinski definition) is 1. The maximum atomic E-state index is 10.6. The second kappa shape index (κ2) is 4.30. The molecule has 0 aliphatic heterocycles. The van der Waals surface area contributed by atoms with E-state index in [1.165, 1.54) is 13.3 Å². The van der Waals surface area contributed by atoms with Gasteiger partial charge in [0.15, 0.2) is 5.76 Å². The van der Waals surface area contributed by atoms with E-state index in [-0.39, 0.29) is 0 Å². The highest BCUT2D eigenvalue weighted by molar-refractivity contribution is 5.96. The van der Waals surface area contributed by atoms with Gasteiger partial charge >= 0.3 is 6.09 Å². The first-order valence-electron chi connectivity index (χ1n) is 3.71. The quantitative estimate of drug-likeness (QED) is 0.426. The predicted octanol–water partition coefficient (Wildman–Crippen LogP) is 1.36. The molecule has 5 nitrogen and oxygen atoms in total. The molecule has 0 atom stereocenters. The van der Waals surface area contributed by atoms with Crippen LogP contribution in [0.25, 0.3) is 0 Å². The van der Waals surface area contributed by atoms with Crippen LogP contribution in [0.1, 0.15) is 12.7 Å². The van der Waals surface area contributed by atoms with Crippen molar-refractivity contribution < 1.29 is 14.0 Å². The Balaban J connectivity index is 2.57. The van der Waals surface area contributed by atoms with E-state index in [1.54, 1.807) is 19.1 Å². The SMILES string of the molecule is CNC(=O)O/N=C(/C)c1ccco1. The van der Waals surface area contributed by atoms with Crippen molar-refractivity contribution in [2.45, 2.75) is 6.92 Å². The summed E-state index contributed by atoms with van der Waals surface area (Å²) in [7, 11) is 1.46. The Kier molecular flexibility index (Phi) is 3.08. The first kappa shape index (κ1) is 9.31. The fourth-order valence-electron chi connectivity index (χ4n) is 0.685. The van der Waals surface area contributed by atoms with Gasteiger partial charge in [-0.1, -0.05) is 5.16 Å². The van der Waals surface area contributed by atoms with Gasteiger partial charge < -0.3 is 9.73 Å². The fraction of sp³-hybridized carbons (Fsp3) is 0.250. The van der Waals surface area contributed by atoms with Crippen molar-refractivity contribution in [2.24, 2.45) is 5.16 Å². The van der Waals surface area contributed by atoms with E-state index in [9.17, 15) is 4.79 Å². The van der Waals surface area contributed by atoms with Crippen LogP contribution in [-0.2, 0) is 4.84 Å². The van der Waals surface area contributed by atoms with E-state index >= 15 is 0 Å². The van der Waals surface area contributed by atoms with Crippen molar-refractivity contribution in [1.29, 1.82) is 0 Å². The standard InChI is InChI=1S/C8H10N2O3/c1-6(7-4-3-5-12-7)10-13-8(11)9-2/h3-5H,1-2H3,(H,9,11)/b10-6-. The number of oxime groups is 1. The number of rotatable bonds is 2. The molecule has 1 aromatic heterocycles. The molecule has 1 amide bonds. The van der Waals surface area contributed by atoms with Crippen molar-refractivity contribution in [3.63, 3.8) is 0 Å². The summed E-state index contributed by atoms with van der Waals surface area (Å²) in [5.74, 6) is 0.573. The zero-order valence-corrected chi connectivity index (χ0v) is 7.40. The molecule has 1 aromatic rings. The molecule has 1 heterocycles. The molecule has 5 heteroatoms. The van der Waals surface area contributed by atoms with Gasteiger partial charge in [-0.05, 0) is 19.1 Å². The fourth-order valence-corrected chi connectivity index (χ4v) is 0.685. The van der Waals surface area contributed by atoms with Crippen LogP contribution in [0.3, 0.4) is 0 Å². The van der Waals surface area contributed by atoms with Crippen molar-refractivity contribution >= 4 is 11.8 Å². The number of amides is 1. The summed E-state index contributed by atoms with van der Waals surface area (Å²) >= 11 is 0. The number of hydrogen-bond acceptors (Lipinski definition) is 4. The Morgan fingerprint density at radius 3 is 3.00 bits per heavy atom. The van der Waals surface area contributed by atoms with Gasteiger partial charge in [-0.25, -0.2) is 4.79 Å². The van der Waals surface area contributed by atoms with Crippen LogP contribution in [0.2, 0.25) is 0 Å². The van der Waals surface area contributed by atoms with Gasteiger partial charge in [0.25, 0.3) is 0 Å². The molecule has 0 radical (unpaired) electrons. The second-order valence-corrected chi connectivity index (χ2v) is 2.28. The topological polar surface area (TPSA) is 63.8 Å².